The second-order valence-electron chi connectivity index (χ2n) is 12.8. The smallest absolute Gasteiger partial charge is 0.407 e. The Morgan fingerprint density at radius 3 is 2.44 bits per heavy atom. The number of halogens is 2. The zero-order valence-electron chi connectivity index (χ0n) is 28.3. The molecule has 2 fully saturated rings. The maximum atomic E-state index is 13.2. The number of pyridine rings is 2. The zero-order valence-corrected chi connectivity index (χ0v) is 29.8. The largest absolute Gasteiger partial charge is 0.481 e. The molecule has 2 saturated heterocycles. The molecule has 0 bridgehead atoms. The van der Waals surface area contributed by atoms with Gasteiger partial charge in [0.2, 0.25) is 11.8 Å². The van der Waals surface area contributed by atoms with E-state index in [1.165, 1.54) is 16.4 Å². The Morgan fingerprint density at radius 1 is 1.04 bits per heavy atom. The molecule has 5 heterocycles. The summed E-state index contributed by atoms with van der Waals surface area (Å²) in [6.07, 6.45) is 4.39. The topological polar surface area (TPSA) is 147 Å². The van der Waals surface area contributed by atoms with Crippen LogP contribution in [0.15, 0.2) is 77.9 Å². The van der Waals surface area contributed by atoms with Gasteiger partial charge in [-0.1, -0.05) is 59.6 Å². The van der Waals surface area contributed by atoms with Crippen LogP contribution in [-0.4, -0.2) is 75.3 Å². The normalized spacial score (nSPS) is 16.8. The molecule has 0 unspecified atom stereocenters. The molecule has 5 aromatic rings. The predicted molar refractivity (Wildman–Crippen MR) is 198 cm³/mol. The van der Waals surface area contributed by atoms with E-state index in [9.17, 15) is 19.5 Å². The van der Waals surface area contributed by atoms with Crippen LogP contribution in [-0.2, 0) is 22.6 Å². The summed E-state index contributed by atoms with van der Waals surface area (Å²) >= 11 is 14.2. The number of hydrogen-bond donors (Lipinski definition) is 3. The van der Waals surface area contributed by atoms with Crippen molar-refractivity contribution in [2.75, 3.05) is 26.8 Å². The third-order valence-electron chi connectivity index (χ3n) is 9.43. The highest BCUT2D eigenvalue weighted by atomic mass is 35.5. The fourth-order valence-electron chi connectivity index (χ4n) is 6.53. The number of hydrogen-bond acceptors (Lipinski definition) is 8. The second kappa shape index (κ2) is 15.3. The maximum absolute atomic E-state index is 13.2. The van der Waals surface area contributed by atoms with E-state index in [1.807, 2.05) is 48.5 Å². The highest BCUT2D eigenvalue weighted by molar-refractivity contribution is 6.39. The summed E-state index contributed by atoms with van der Waals surface area (Å²) in [6, 6.07) is 18.2. The molecule has 2 aromatic carbocycles. The molecule has 2 aliphatic rings. The number of benzene rings is 2. The summed E-state index contributed by atoms with van der Waals surface area (Å²) in [6.45, 7) is 2.07. The van der Waals surface area contributed by atoms with E-state index < -0.39 is 6.09 Å². The van der Waals surface area contributed by atoms with Crippen LogP contribution in [0, 0.1) is 0 Å². The number of nitrogens with one attached hydrogen (secondary N) is 2. The number of ether oxygens (including phenoxy) is 2. The van der Waals surface area contributed by atoms with Crippen molar-refractivity contribution in [3.05, 3.63) is 105 Å². The Labute approximate surface area is 309 Å². The molecule has 7 rings (SSSR count). The van der Waals surface area contributed by atoms with Crippen molar-refractivity contribution in [2.24, 2.45) is 0 Å². The molecule has 14 heteroatoms. The first-order chi connectivity index (χ1) is 25.2. The summed E-state index contributed by atoms with van der Waals surface area (Å²) in [5.74, 6) is 0.180. The zero-order chi connectivity index (χ0) is 36.4. The lowest BCUT2D eigenvalue weighted by atomic mass is 9.97. The molecule has 0 spiro atoms. The van der Waals surface area contributed by atoms with Gasteiger partial charge in [-0.2, -0.15) is 0 Å². The first-order valence-corrected chi connectivity index (χ1v) is 17.7. The van der Waals surface area contributed by atoms with Crippen LogP contribution in [0.1, 0.15) is 30.4 Å². The third kappa shape index (κ3) is 7.33. The summed E-state index contributed by atoms with van der Waals surface area (Å²) in [7, 11) is 1.48. The first-order valence-electron chi connectivity index (χ1n) is 16.9. The van der Waals surface area contributed by atoms with Crippen LogP contribution in [0.4, 0.5) is 4.79 Å². The first kappa shape index (κ1) is 35.4. The summed E-state index contributed by atoms with van der Waals surface area (Å²) in [5, 5.41) is 16.8. The van der Waals surface area contributed by atoms with Gasteiger partial charge in [0, 0.05) is 84.5 Å². The quantitative estimate of drug-likeness (QED) is 0.139. The fourth-order valence-corrected chi connectivity index (χ4v) is 7.19. The predicted octanol–water partition coefficient (Wildman–Crippen LogP) is 6.04. The van der Waals surface area contributed by atoms with Crippen molar-refractivity contribution in [3.63, 3.8) is 0 Å². The van der Waals surface area contributed by atoms with Gasteiger partial charge < -0.3 is 30.1 Å². The van der Waals surface area contributed by atoms with Crippen LogP contribution in [0.3, 0.4) is 0 Å². The molecule has 3 N–H and O–H groups in total. The molecule has 0 saturated carbocycles. The maximum Gasteiger partial charge on any atom is 0.407 e. The Hall–Kier alpha value is -5.01. The summed E-state index contributed by atoms with van der Waals surface area (Å²) in [4.78, 5) is 47.4. The van der Waals surface area contributed by atoms with Gasteiger partial charge in [-0.15, -0.1) is 0 Å². The number of amides is 2. The standard InChI is InChI=1S/C38H36Cl2N6O6/c1-51-36-23(20-45(38(49)50)21-25-9-11-33(47)43-25)8-10-31(44-36)30-7-3-6-29(35(30)40)28-5-2-4-27(34(28)39)22-12-14-46-32(16-22)42-18-24(37(46)48)17-41-19-26-13-15-52-26/h2-8,10,12,14,16,18,25-26,41H,9,11,13,15,17,19-21H2,1H3,(H,43,47)(H,49,50)/t25-,26-/m0/s1. The van der Waals surface area contributed by atoms with Gasteiger partial charge >= 0.3 is 6.09 Å². The van der Waals surface area contributed by atoms with Crippen molar-refractivity contribution in [2.45, 2.75) is 44.5 Å². The Morgan fingerprint density at radius 2 is 1.77 bits per heavy atom. The number of nitrogens with zero attached hydrogens (tertiary/aromatic N) is 4. The van der Waals surface area contributed by atoms with E-state index in [0.29, 0.717) is 75.1 Å². The highest BCUT2D eigenvalue weighted by Crippen LogP contribution is 2.42. The third-order valence-corrected chi connectivity index (χ3v) is 10.2. The molecule has 52 heavy (non-hydrogen) atoms. The number of aromatic nitrogens is 3. The minimum atomic E-state index is -1.11. The lowest BCUT2D eigenvalue weighted by Gasteiger charge is -2.26. The molecule has 0 aliphatic carbocycles. The molecular weight excluding hydrogens is 707 g/mol. The van der Waals surface area contributed by atoms with E-state index in [0.717, 1.165) is 24.2 Å². The van der Waals surface area contributed by atoms with Crippen molar-refractivity contribution in [1.82, 2.24) is 29.9 Å². The average Bonchev–Trinajstić information content (AvgIpc) is 3.54. The van der Waals surface area contributed by atoms with Gasteiger partial charge in [0.25, 0.3) is 5.56 Å². The number of carbonyl (C=O) groups is 2. The lowest BCUT2D eigenvalue weighted by molar-refractivity contribution is -0.119. The molecule has 3 aromatic heterocycles. The Kier molecular flexibility index (Phi) is 10.4. The fraction of sp³-hybridized carbons (Fsp3) is 0.289. The Balaban J connectivity index is 1.14. The summed E-state index contributed by atoms with van der Waals surface area (Å²) < 4.78 is 12.6. The minimum absolute atomic E-state index is 0.0296. The molecule has 12 nitrogen and oxygen atoms in total. The van der Waals surface area contributed by atoms with E-state index in [4.69, 9.17) is 37.7 Å². The van der Waals surface area contributed by atoms with Crippen LogP contribution >= 0.6 is 23.2 Å². The van der Waals surface area contributed by atoms with E-state index >= 15 is 0 Å². The number of methoxy groups -OCH3 is 1. The van der Waals surface area contributed by atoms with Crippen LogP contribution < -0.4 is 20.9 Å². The van der Waals surface area contributed by atoms with Gasteiger partial charge in [-0.25, -0.2) is 14.8 Å². The van der Waals surface area contributed by atoms with Gasteiger partial charge in [-0.05, 0) is 42.7 Å². The van der Waals surface area contributed by atoms with Crippen molar-refractivity contribution < 1.29 is 24.2 Å². The van der Waals surface area contributed by atoms with Crippen molar-refractivity contribution in [3.8, 4) is 39.4 Å². The number of fused-ring (bicyclic) bond motifs is 1. The molecule has 2 aliphatic heterocycles. The average molecular weight is 744 g/mol. The SMILES string of the molecule is COc1nc(-c2cccc(-c3cccc(-c4ccn5c(=O)c(CNC[C@@H]6CCO6)cnc5c4)c3Cl)c2Cl)ccc1CN(C[C@@H]1CCC(=O)N1)C(=O)O. The monoisotopic (exact) mass is 742 g/mol. The highest BCUT2D eigenvalue weighted by Gasteiger charge is 2.26. The molecule has 268 valence electrons. The number of carboxylic acid groups (broad SMARTS) is 1. The van der Waals surface area contributed by atoms with Crippen LogP contribution in [0.5, 0.6) is 5.88 Å². The minimum Gasteiger partial charge on any atom is -0.481 e. The van der Waals surface area contributed by atoms with Crippen LogP contribution in [0.2, 0.25) is 10.0 Å². The van der Waals surface area contributed by atoms with Gasteiger partial charge in [0.15, 0.2) is 0 Å². The molecule has 0 radical (unpaired) electrons. The molecule has 2 atom stereocenters. The molecular formula is C38H36Cl2N6O6. The van der Waals surface area contributed by atoms with Gasteiger partial charge in [0.1, 0.15) is 5.65 Å². The van der Waals surface area contributed by atoms with E-state index in [2.05, 4.69) is 15.6 Å². The second-order valence-corrected chi connectivity index (χ2v) is 13.6. The van der Waals surface area contributed by atoms with Crippen molar-refractivity contribution in [1.29, 1.82) is 0 Å². The van der Waals surface area contributed by atoms with Gasteiger partial charge in [0.05, 0.1) is 35.5 Å². The van der Waals surface area contributed by atoms with Crippen molar-refractivity contribution >= 4 is 40.8 Å². The summed E-state index contributed by atoms with van der Waals surface area (Å²) in [5.41, 5.74) is 5.57. The van der Waals surface area contributed by atoms with Gasteiger partial charge in [-0.3, -0.25) is 14.0 Å². The number of rotatable bonds is 12. The lowest BCUT2D eigenvalue weighted by Crippen LogP contribution is -2.41. The molecule has 2 amide bonds. The van der Waals surface area contributed by atoms with Crippen LogP contribution in [0.25, 0.3) is 39.2 Å². The number of carbonyl (C=O) groups excluding carboxylic acids is 1. The van der Waals surface area contributed by atoms with E-state index in [1.54, 1.807) is 24.5 Å². The Bertz CT molecular complexity index is 2230. The van der Waals surface area contributed by atoms with E-state index in [-0.39, 0.29) is 42.6 Å².